The van der Waals surface area contributed by atoms with Crippen molar-refractivity contribution in [2.45, 2.75) is 31.8 Å². The molecule has 2 unspecified atom stereocenters. The van der Waals surface area contributed by atoms with E-state index in [2.05, 4.69) is 28.4 Å². The van der Waals surface area contributed by atoms with Gasteiger partial charge in [0.15, 0.2) is 0 Å². The maximum absolute atomic E-state index is 12.6. The van der Waals surface area contributed by atoms with E-state index in [0.717, 1.165) is 35.5 Å². The van der Waals surface area contributed by atoms with Crippen LogP contribution in [0.2, 0.25) is 0 Å². The van der Waals surface area contributed by atoms with Gasteiger partial charge in [0.1, 0.15) is 5.01 Å². The zero-order chi connectivity index (χ0) is 17.9. The maximum Gasteiger partial charge on any atom is 0.234 e. The summed E-state index contributed by atoms with van der Waals surface area (Å²) in [5.41, 5.74) is 2.19. The van der Waals surface area contributed by atoms with E-state index in [0.29, 0.717) is 6.54 Å². The summed E-state index contributed by atoms with van der Waals surface area (Å²) in [7, 11) is 0. The van der Waals surface area contributed by atoms with Crippen LogP contribution in [0.25, 0.3) is 10.2 Å². The largest absolute Gasteiger partial charge is 0.348 e. The first kappa shape index (κ1) is 17.2. The lowest BCUT2D eigenvalue weighted by Crippen LogP contribution is -2.38. The molecule has 1 aromatic heterocycles. The summed E-state index contributed by atoms with van der Waals surface area (Å²) in [6, 6.07) is 18.6. The first-order valence-electron chi connectivity index (χ1n) is 9.14. The minimum Gasteiger partial charge on any atom is -0.348 e. The van der Waals surface area contributed by atoms with Gasteiger partial charge in [0.25, 0.3) is 0 Å². The topological polar surface area (TPSA) is 45.2 Å². The molecule has 4 rings (SSSR count). The molecular formula is C21H23N3OS. The predicted molar refractivity (Wildman–Crippen MR) is 106 cm³/mol. The number of rotatable bonds is 5. The monoisotopic (exact) mass is 365 g/mol. The number of nitrogens with one attached hydrogen (secondary N) is 1. The van der Waals surface area contributed by atoms with Crippen molar-refractivity contribution in [2.75, 3.05) is 13.1 Å². The Kier molecular flexibility index (Phi) is 5.00. The van der Waals surface area contributed by atoms with Gasteiger partial charge in [0.2, 0.25) is 5.91 Å². The van der Waals surface area contributed by atoms with E-state index >= 15 is 0 Å². The molecule has 3 aromatic rings. The Morgan fingerprint density at radius 3 is 2.81 bits per heavy atom. The van der Waals surface area contributed by atoms with Crippen LogP contribution in [0.3, 0.4) is 0 Å². The molecule has 0 bridgehead atoms. The number of para-hydroxylation sites is 1. The van der Waals surface area contributed by atoms with Crippen LogP contribution in [0.5, 0.6) is 0 Å². The molecule has 134 valence electrons. The summed E-state index contributed by atoms with van der Waals surface area (Å²) >= 11 is 1.75. The third kappa shape index (κ3) is 3.64. The average Bonchev–Trinajstić information content (AvgIpc) is 3.28. The molecule has 2 aromatic carbocycles. The molecule has 0 spiro atoms. The van der Waals surface area contributed by atoms with Gasteiger partial charge in [-0.25, -0.2) is 4.98 Å². The summed E-state index contributed by atoms with van der Waals surface area (Å²) in [5, 5.41) is 4.26. The standard InChI is InChI=1S/C21H23N3OS/c1-15(16-8-3-2-4-9-16)22-20(25)14-24-13-7-11-18(24)21-23-17-10-5-6-12-19(17)26-21/h2-6,8-10,12,15,18H,7,11,13-14H2,1H3,(H,22,25). The molecular weight excluding hydrogens is 342 g/mol. The number of likely N-dealkylation sites (tertiary alicyclic amines) is 1. The third-order valence-electron chi connectivity index (χ3n) is 4.98. The first-order chi connectivity index (χ1) is 12.7. The highest BCUT2D eigenvalue weighted by Gasteiger charge is 2.30. The Morgan fingerprint density at radius 2 is 2.00 bits per heavy atom. The van der Waals surface area contributed by atoms with Gasteiger partial charge in [-0.1, -0.05) is 42.5 Å². The van der Waals surface area contributed by atoms with Crippen molar-refractivity contribution in [2.24, 2.45) is 0 Å². The van der Waals surface area contributed by atoms with E-state index in [4.69, 9.17) is 4.98 Å². The van der Waals surface area contributed by atoms with Crippen LogP contribution in [0.15, 0.2) is 54.6 Å². The number of nitrogens with zero attached hydrogens (tertiary/aromatic N) is 2. The van der Waals surface area contributed by atoms with Gasteiger partial charge in [-0.05, 0) is 44.0 Å². The Hall–Kier alpha value is -2.24. The number of thiazole rings is 1. The van der Waals surface area contributed by atoms with Gasteiger partial charge in [-0.2, -0.15) is 0 Å². The average molecular weight is 366 g/mol. The van der Waals surface area contributed by atoms with Gasteiger partial charge < -0.3 is 5.32 Å². The van der Waals surface area contributed by atoms with Crippen LogP contribution >= 0.6 is 11.3 Å². The zero-order valence-corrected chi connectivity index (χ0v) is 15.7. The van der Waals surface area contributed by atoms with E-state index in [1.165, 1.54) is 4.70 Å². The maximum atomic E-state index is 12.6. The highest BCUT2D eigenvalue weighted by molar-refractivity contribution is 7.18. The van der Waals surface area contributed by atoms with Gasteiger partial charge >= 0.3 is 0 Å². The molecule has 1 aliphatic rings. The fraction of sp³-hybridized carbons (Fsp3) is 0.333. The van der Waals surface area contributed by atoms with Crippen molar-refractivity contribution >= 4 is 27.5 Å². The summed E-state index contributed by atoms with van der Waals surface area (Å²) in [4.78, 5) is 19.6. The van der Waals surface area contributed by atoms with Gasteiger partial charge in [-0.3, -0.25) is 9.69 Å². The number of hydrogen-bond acceptors (Lipinski definition) is 4. The van der Waals surface area contributed by atoms with Crippen LogP contribution in [0, 0.1) is 0 Å². The lowest BCUT2D eigenvalue weighted by atomic mass is 10.1. The van der Waals surface area contributed by atoms with E-state index in [9.17, 15) is 4.79 Å². The SMILES string of the molecule is CC(NC(=O)CN1CCCC1c1nc2ccccc2s1)c1ccccc1. The smallest absolute Gasteiger partial charge is 0.234 e. The van der Waals surface area contributed by atoms with Crippen molar-refractivity contribution in [3.63, 3.8) is 0 Å². The fourth-order valence-corrected chi connectivity index (χ4v) is 4.76. The minimum atomic E-state index is 0.0206. The number of fused-ring (bicyclic) bond motifs is 1. The Labute approximate surface area is 157 Å². The minimum absolute atomic E-state index is 0.0206. The lowest BCUT2D eigenvalue weighted by Gasteiger charge is -2.23. The molecule has 1 N–H and O–H groups in total. The number of benzene rings is 2. The van der Waals surface area contributed by atoms with Crippen molar-refractivity contribution in [3.8, 4) is 0 Å². The Bertz CT molecular complexity index is 859. The van der Waals surface area contributed by atoms with E-state index in [-0.39, 0.29) is 18.0 Å². The molecule has 1 aliphatic heterocycles. The van der Waals surface area contributed by atoms with Crippen LogP contribution < -0.4 is 5.32 Å². The molecule has 5 heteroatoms. The molecule has 4 nitrogen and oxygen atoms in total. The highest BCUT2D eigenvalue weighted by Crippen LogP contribution is 2.36. The number of aromatic nitrogens is 1. The van der Waals surface area contributed by atoms with Crippen molar-refractivity contribution in [1.82, 2.24) is 15.2 Å². The van der Waals surface area contributed by atoms with Crippen LogP contribution in [0.4, 0.5) is 0 Å². The molecule has 1 amide bonds. The van der Waals surface area contributed by atoms with Gasteiger partial charge in [-0.15, -0.1) is 11.3 Å². The second kappa shape index (κ2) is 7.56. The van der Waals surface area contributed by atoms with E-state index < -0.39 is 0 Å². The quantitative estimate of drug-likeness (QED) is 0.733. The first-order valence-corrected chi connectivity index (χ1v) is 9.96. The number of hydrogen-bond donors (Lipinski definition) is 1. The second-order valence-electron chi connectivity index (χ2n) is 6.85. The summed E-state index contributed by atoms with van der Waals surface area (Å²) < 4.78 is 1.22. The third-order valence-corrected chi connectivity index (χ3v) is 6.12. The summed E-state index contributed by atoms with van der Waals surface area (Å²) in [6.45, 7) is 3.41. The number of amides is 1. The van der Waals surface area contributed by atoms with Crippen LogP contribution in [-0.4, -0.2) is 28.9 Å². The summed E-state index contributed by atoms with van der Waals surface area (Å²) in [5.74, 6) is 0.0781. The van der Waals surface area contributed by atoms with Crippen molar-refractivity contribution in [1.29, 1.82) is 0 Å². The van der Waals surface area contributed by atoms with E-state index in [1.807, 2.05) is 43.3 Å². The predicted octanol–water partition coefficient (Wildman–Crippen LogP) is 4.31. The molecule has 2 heterocycles. The summed E-state index contributed by atoms with van der Waals surface area (Å²) in [6.07, 6.45) is 2.18. The Morgan fingerprint density at radius 1 is 1.23 bits per heavy atom. The molecule has 1 saturated heterocycles. The number of carbonyl (C=O) groups excluding carboxylic acids is 1. The molecule has 26 heavy (non-hydrogen) atoms. The zero-order valence-electron chi connectivity index (χ0n) is 14.9. The molecule has 0 radical (unpaired) electrons. The Balaban J connectivity index is 1.42. The molecule has 1 fully saturated rings. The van der Waals surface area contributed by atoms with Crippen molar-refractivity contribution < 1.29 is 4.79 Å². The van der Waals surface area contributed by atoms with Crippen molar-refractivity contribution in [3.05, 3.63) is 65.2 Å². The molecule has 0 aliphatic carbocycles. The molecule has 0 saturated carbocycles. The van der Waals surface area contributed by atoms with Gasteiger partial charge in [0.05, 0.1) is 28.8 Å². The fourth-order valence-electron chi connectivity index (χ4n) is 3.62. The second-order valence-corrected chi connectivity index (χ2v) is 7.91. The highest BCUT2D eigenvalue weighted by atomic mass is 32.1. The van der Waals surface area contributed by atoms with Crippen LogP contribution in [-0.2, 0) is 4.79 Å². The lowest BCUT2D eigenvalue weighted by molar-refractivity contribution is -0.123. The van der Waals surface area contributed by atoms with Gasteiger partial charge in [0, 0.05) is 0 Å². The molecule has 2 atom stereocenters. The normalized spacial score (nSPS) is 18.9. The van der Waals surface area contributed by atoms with Crippen LogP contribution in [0.1, 0.15) is 42.4 Å². The van der Waals surface area contributed by atoms with E-state index in [1.54, 1.807) is 11.3 Å². The number of carbonyl (C=O) groups is 1.